The fourth-order valence-corrected chi connectivity index (χ4v) is 1.39. The Kier molecular flexibility index (Phi) is 1.70. The van der Waals surface area contributed by atoms with E-state index in [4.69, 9.17) is 11.6 Å². The van der Waals surface area contributed by atoms with E-state index in [9.17, 15) is 0 Å². The molecule has 0 atom stereocenters. The van der Waals surface area contributed by atoms with Gasteiger partial charge in [-0.1, -0.05) is 11.6 Å². The first-order valence-corrected chi connectivity index (χ1v) is 4.01. The van der Waals surface area contributed by atoms with Crippen LogP contribution in [0, 0.1) is 6.92 Å². The first-order valence-electron chi connectivity index (χ1n) is 3.64. The van der Waals surface area contributed by atoms with Gasteiger partial charge in [0.1, 0.15) is 0 Å². The van der Waals surface area contributed by atoms with Crippen LogP contribution in [0.2, 0.25) is 5.02 Å². The summed E-state index contributed by atoms with van der Waals surface area (Å²) < 4.78 is 0. The lowest BCUT2D eigenvalue weighted by Crippen LogP contribution is -1.84. The van der Waals surface area contributed by atoms with Gasteiger partial charge in [0.25, 0.3) is 0 Å². The molecule has 2 nitrogen and oxygen atoms in total. The average Bonchev–Trinajstić information content (AvgIpc) is 2.12. The van der Waals surface area contributed by atoms with Gasteiger partial charge in [0.2, 0.25) is 0 Å². The summed E-state index contributed by atoms with van der Waals surface area (Å²) in [5.74, 6) is 0. The highest BCUT2D eigenvalue weighted by Crippen LogP contribution is 2.22. The summed E-state index contributed by atoms with van der Waals surface area (Å²) in [6.07, 6.45) is 5.15. The molecule has 0 saturated heterocycles. The molecule has 0 aliphatic carbocycles. The maximum absolute atomic E-state index is 5.93. The summed E-state index contributed by atoms with van der Waals surface area (Å²) in [5, 5.41) is 2.69. The van der Waals surface area contributed by atoms with Crippen molar-refractivity contribution >= 4 is 22.4 Å². The van der Waals surface area contributed by atoms with Crippen molar-refractivity contribution in [1.82, 2.24) is 9.97 Å². The number of aryl methyl sites for hydroxylation is 1. The van der Waals surface area contributed by atoms with Gasteiger partial charge in [-0.25, -0.2) is 0 Å². The highest BCUT2D eigenvalue weighted by Gasteiger charge is 2.00. The van der Waals surface area contributed by atoms with Crippen molar-refractivity contribution in [3.8, 4) is 0 Å². The molecule has 0 spiro atoms. The van der Waals surface area contributed by atoms with Crippen LogP contribution in [-0.4, -0.2) is 9.97 Å². The van der Waals surface area contributed by atoms with Crippen LogP contribution in [0.25, 0.3) is 10.8 Å². The Hall–Kier alpha value is -1.15. The lowest BCUT2D eigenvalue weighted by Gasteiger charge is -2.00. The quantitative estimate of drug-likeness (QED) is 0.620. The van der Waals surface area contributed by atoms with Crippen molar-refractivity contribution in [1.29, 1.82) is 0 Å². The average molecular weight is 179 g/mol. The highest BCUT2D eigenvalue weighted by molar-refractivity contribution is 6.35. The minimum Gasteiger partial charge on any atom is -0.264 e. The molecule has 2 aromatic heterocycles. The monoisotopic (exact) mass is 178 g/mol. The summed E-state index contributed by atoms with van der Waals surface area (Å²) in [5.41, 5.74) is 0.983. The Labute approximate surface area is 75.2 Å². The van der Waals surface area contributed by atoms with Crippen LogP contribution in [0.4, 0.5) is 0 Å². The zero-order chi connectivity index (χ0) is 8.55. The normalized spacial score (nSPS) is 10.5. The molecule has 0 fully saturated rings. The first kappa shape index (κ1) is 7.50. The van der Waals surface area contributed by atoms with Crippen LogP contribution >= 0.6 is 11.6 Å². The molecule has 0 radical (unpaired) electrons. The SMILES string of the molecule is Cc1ncc(Cl)c2cnccc12. The Morgan fingerprint density at radius 1 is 1.25 bits per heavy atom. The molecule has 3 heteroatoms. The fraction of sp³-hybridized carbons (Fsp3) is 0.111. The molecule has 0 N–H and O–H groups in total. The number of hydrogen-bond acceptors (Lipinski definition) is 2. The maximum Gasteiger partial charge on any atom is 0.0683 e. The van der Waals surface area contributed by atoms with E-state index in [1.54, 1.807) is 18.6 Å². The number of pyridine rings is 2. The molecular formula is C9H7ClN2. The van der Waals surface area contributed by atoms with Crippen molar-refractivity contribution in [2.45, 2.75) is 6.92 Å². The lowest BCUT2D eigenvalue weighted by molar-refractivity contribution is 1.23. The van der Waals surface area contributed by atoms with Gasteiger partial charge in [-0.2, -0.15) is 0 Å². The van der Waals surface area contributed by atoms with E-state index in [0.717, 1.165) is 16.5 Å². The fourth-order valence-electron chi connectivity index (χ4n) is 1.19. The first-order chi connectivity index (χ1) is 5.79. The third kappa shape index (κ3) is 1.04. The number of halogens is 1. The van der Waals surface area contributed by atoms with Gasteiger partial charge in [-0.3, -0.25) is 9.97 Å². The van der Waals surface area contributed by atoms with E-state index < -0.39 is 0 Å². The van der Waals surface area contributed by atoms with Gasteiger partial charge in [0.05, 0.1) is 5.02 Å². The molecule has 0 aromatic carbocycles. The number of nitrogens with zero attached hydrogens (tertiary/aromatic N) is 2. The topological polar surface area (TPSA) is 25.8 Å². The van der Waals surface area contributed by atoms with E-state index in [2.05, 4.69) is 9.97 Å². The molecule has 0 bridgehead atoms. The molecule has 2 aromatic rings. The standard InChI is InChI=1S/C9H7ClN2/c1-6-7-2-3-11-4-8(7)9(10)5-12-6/h2-5H,1H3. The Morgan fingerprint density at radius 3 is 2.83 bits per heavy atom. The molecule has 2 heterocycles. The third-order valence-corrected chi connectivity index (χ3v) is 2.14. The highest BCUT2D eigenvalue weighted by atomic mass is 35.5. The van der Waals surface area contributed by atoms with E-state index >= 15 is 0 Å². The van der Waals surface area contributed by atoms with Crippen molar-refractivity contribution in [2.75, 3.05) is 0 Å². The Morgan fingerprint density at radius 2 is 2.08 bits per heavy atom. The Balaban J connectivity index is 2.95. The van der Waals surface area contributed by atoms with Crippen molar-refractivity contribution in [3.63, 3.8) is 0 Å². The summed E-state index contributed by atoms with van der Waals surface area (Å²) in [4.78, 5) is 8.15. The van der Waals surface area contributed by atoms with Crippen LogP contribution in [0.3, 0.4) is 0 Å². The van der Waals surface area contributed by atoms with Crippen molar-refractivity contribution < 1.29 is 0 Å². The summed E-state index contributed by atoms with van der Waals surface area (Å²) >= 11 is 5.93. The second-order valence-corrected chi connectivity index (χ2v) is 3.02. The molecule has 0 aliphatic heterocycles. The van der Waals surface area contributed by atoms with Gasteiger partial charge in [-0.05, 0) is 13.0 Å². The molecule has 2 rings (SSSR count). The van der Waals surface area contributed by atoms with Crippen molar-refractivity contribution in [3.05, 3.63) is 35.4 Å². The van der Waals surface area contributed by atoms with Gasteiger partial charge in [0.15, 0.2) is 0 Å². The summed E-state index contributed by atoms with van der Waals surface area (Å²) in [6.45, 7) is 1.96. The van der Waals surface area contributed by atoms with Crippen molar-refractivity contribution in [2.24, 2.45) is 0 Å². The van der Waals surface area contributed by atoms with Gasteiger partial charge in [-0.15, -0.1) is 0 Å². The van der Waals surface area contributed by atoms with Gasteiger partial charge in [0, 0.05) is 35.1 Å². The molecule has 60 valence electrons. The smallest absolute Gasteiger partial charge is 0.0683 e. The molecule has 0 unspecified atom stereocenters. The zero-order valence-electron chi connectivity index (χ0n) is 6.58. The predicted octanol–water partition coefficient (Wildman–Crippen LogP) is 2.59. The second-order valence-electron chi connectivity index (χ2n) is 2.61. The predicted molar refractivity (Wildman–Crippen MR) is 49.3 cm³/mol. The van der Waals surface area contributed by atoms with Gasteiger partial charge < -0.3 is 0 Å². The number of hydrogen-bond donors (Lipinski definition) is 0. The van der Waals surface area contributed by atoms with Crippen LogP contribution < -0.4 is 0 Å². The van der Waals surface area contributed by atoms with E-state index in [-0.39, 0.29) is 0 Å². The molecule has 0 saturated carbocycles. The van der Waals surface area contributed by atoms with E-state index in [1.807, 2.05) is 13.0 Å². The van der Waals surface area contributed by atoms with Gasteiger partial charge >= 0.3 is 0 Å². The summed E-state index contributed by atoms with van der Waals surface area (Å²) in [7, 11) is 0. The molecule has 12 heavy (non-hydrogen) atoms. The summed E-state index contributed by atoms with van der Waals surface area (Å²) in [6, 6.07) is 1.92. The molecule has 0 amide bonds. The number of rotatable bonds is 0. The molecular weight excluding hydrogens is 172 g/mol. The minimum atomic E-state index is 0.656. The number of fused-ring (bicyclic) bond motifs is 1. The minimum absolute atomic E-state index is 0.656. The van der Waals surface area contributed by atoms with Crippen LogP contribution in [0.15, 0.2) is 24.7 Å². The van der Waals surface area contributed by atoms with E-state index in [1.165, 1.54) is 0 Å². The van der Waals surface area contributed by atoms with Crippen LogP contribution in [0.1, 0.15) is 5.69 Å². The molecule has 0 aliphatic rings. The Bertz CT molecular complexity index is 385. The third-order valence-electron chi connectivity index (χ3n) is 1.84. The zero-order valence-corrected chi connectivity index (χ0v) is 7.34. The van der Waals surface area contributed by atoms with Crippen LogP contribution in [0.5, 0.6) is 0 Å². The second kappa shape index (κ2) is 2.72. The largest absolute Gasteiger partial charge is 0.264 e. The maximum atomic E-state index is 5.93. The van der Waals surface area contributed by atoms with E-state index in [0.29, 0.717) is 5.02 Å². The van der Waals surface area contributed by atoms with Crippen LogP contribution in [-0.2, 0) is 0 Å². The lowest BCUT2D eigenvalue weighted by atomic mass is 10.2. The number of aromatic nitrogens is 2.